The Hall–Kier alpha value is -1.53. The van der Waals surface area contributed by atoms with Gasteiger partial charge in [0, 0.05) is 6.42 Å². The topological polar surface area (TPSA) is 53.2 Å². The molecule has 1 N–H and O–H groups in total. The third-order valence-corrected chi connectivity index (χ3v) is 3.10. The SMILES string of the molecule is N#CCCCOc1ccc2c(c1)[C@H](O)CCC2. The summed E-state index contributed by atoms with van der Waals surface area (Å²) in [6, 6.07) is 8.01. The average Bonchev–Trinajstić information content (AvgIpc) is 2.36. The maximum absolute atomic E-state index is 9.90. The molecule has 0 saturated heterocycles. The van der Waals surface area contributed by atoms with Crippen LogP contribution in [0.3, 0.4) is 0 Å². The van der Waals surface area contributed by atoms with Crippen LogP contribution >= 0.6 is 0 Å². The second kappa shape index (κ2) is 5.70. The van der Waals surface area contributed by atoms with E-state index in [1.54, 1.807) is 0 Å². The van der Waals surface area contributed by atoms with Gasteiger partial charge in [0.25, 0.3) is 0 Å². The van der Waals surface area contributed by atoms with Crippen LogP contribution < -0.4 is 4.74 Å². The number of rotatable bonds is 4. The highest BCUT2D eigenvalue weighted by atomic mass is 16.5. The van der Waals surface area contributed by atoms with Crippen LogP contribution in [0.1, 0.15) is 42.9 Å². The zero-order valence-corrected chi connectivity index (χ0v) is 9.85. The van der Waals surface area contributed by atoms with Crippen LogP contribution in [0.25, 0.3) is 0 Å². The summed E-state index contributed by atoms with van der Waals surface area (Å²) in [5.74, 6) is 0.794. The summed E-state index contributed by atoms with van der Waals surface area (Å²) in [4.78, 5) is 0. The van der Waals surface area contributed by atoms with Gasteiger partial charge < -0.3 is 9.84 Å². The van der Waals surface area contributed by atoms with E-state index in [-0.39, 0.29) is 6.10 Å². The van der Waals surface area contributed by atoms with E-state index in [0.717, 1.165) is 37.0 Å². The van der Waals surface area contributed by atoms with Gasteiger partial charge in [0.1, 0.15) is 5.75 Å². The average molecular weight is 231 g/mol. The molecule has 1 aliphatic carbocycles. The molecule has 0 amide bonds. The number of aryl methyl sites for hydroxylation is 1. The largest absolute Gasteiger partial charge is 0.494 e. The summed E-state index contributed by atoms with van der Waals surface area (Å²) in [6.07, 6.45) is 3.85. The van der Waals surface area contributed by atoms with Crippen molar-refractivity contribution in [3.63, 3.8) is 0 Å². The van der Waals surface area contributed by atoms with E-state index < -0.39 is 0 Å². The molecule has 0 fully saturated rings. The Morgan fingerprint density at radius 3 is 3.18 bits per heavy atom. The maximum Gasteiger partial charge on any atom is 0.119 e. The number of nitrogens with zero attached hydrogens (tertiary/aromatic N) is 1. The smallest absolute Gasteiger partial charge is 0.119 e. The molecule has 1 atom stereocenters. The highest BCUT2D eigenvalue weighted by molar-refractivity contribution is 5.38. The lowest BCUT2D eigenvalue weighted by atomic mass is 9.89. The molecule has 0 heterocycles. The molecule has 0 aromatic heterocycles. The lowest BCUT2D eigenvalue weighted by molar-refractivity contribution is 0.156. The van der Waals surface area contributed by atoms with Crippen molar-refractivity contribution in [3.05, 3.63) is 29.3 Å². The number of hydrogen-bond donors (Lipinski definition) is 1. The van der Waals surface area contributed by atoms with Crippen molar-refractivity contribution in [1.82, 2.24) is 0 Å². The van der Waals surface area contributed by atoms with Crippen molar-refractivity contribution in [1.29, 1.82) is 5.26 Å². The molecule has 1 aromatic rings. The minimum Gasteiger partial charge on any atom is -0.494 e. The van der Waals surface area contributed by atoms with Crippen LogP contribution in [0.2, 0.25) is 0 Å². The minimum absolute atomic E-state index is 0.346. The molecule has 2 rings (SSSR count). The number of nitriles is 1. The third-order valence-electron chi connectivity index (χ3n) is 3.10. The first-order valence-corrected chi connectivity index (χ1v) is 6.12. The molecule has 3 nitrogen and oxygen atoms in total. The zero-order chi connectivity index (χ0) is 12.1. The van der Waals surface area contributed by atoms with E-state index in [9.17, 15) is 5.11 Å². The molecule has 0 aliphatic heterocycles. The van der Waals surface area contributed by atoms with Crippen molar-refractivity contribution >= 4 is 0 Å². The Balaban J connectivity index is 2.00. The number of aliphatic hydroxyl groups excluding tert-OH is 1. The molecule has 90 valence electrons. The van der Waals surface area contributed by atoms with Crippen molar-refractivity contribution in [2.45, 2.75) is 38.2 Å². The van der Waals surface area contributed by atoms with Gasteiger partial charge in [0.05, 0.1) is 18.8 Å². The van der Waals surface area contributed by atoms with Crippen LogP contribution in [0.15, 0.2) is 18.2 Å². The second-order valence-electron chi connectivity index (χ2n) is 4.38. The summed E-state index contributed by atoms with van der Waals surface area (Å²) in [5, 5.41) is 18.3. The normalized spacial score (nSPS) is 18.2. The Morgan fingerprint density at radius 2 is 2.35 bits per heavy atom. The quantitative estimate of drug-likeness (QED) is 0.811. The first-order valence-electron chi connectivity index (χ1n) is 6.12. The van der Waals surface area contributed by atoms with Crippen molar-refractivity contribution in [2.75, 3.05) is 6.61 Å². The first kappa shape index (κ1) is 11.9. The minimum atomic E-state index is -0.346. The van der Waals surface area contributed by atoms with Crippen LogP contribution in [0.5, 0.6) is 5.75 Å². The van der Waals surface area contributed by atoms with Crippen molar-refractivity contribution in [3.8, 4) is 11.8 Å². The van der Waals surface area contributed by atoms with Crippen molar-refractivity contribution < 1.29 is 9.84 Å². The first-order chi connectivity index (χ1) is 8.31. The maximum atomic E-state index is 9.90. The molecule has 17 heavy (non-hydrogen) atoms. The van der Waals surface area contributed by atoms with Gasteiger partial charge in [-0.25, -0.2) is 0 Å². The molecular weight excluding hydrogens is 214 g/mol. The summed E-state index contributed by atoms with van der Waals surface area (Å²) in [7, 11) is 0. The lowest BCUT2D eigenvalue weighted by Gasteiger charge is -2.21. The second-order valence-corrected chi connectivity index (χ2v) is 4.38. The molecular formula is C14H17NO2. The van der Waals surface area contributed by atoms with Crippen molar-refractivity contribution in [2.24, 2.45) is 0 Å². The number of fused-ring (bicyclic) bond motifs is 1. The molecule has 0 bridgehead atoms. The van der Waals surface area contributed by atoms with Crippen LogP contribution in [-0.2, 0) is 6.42 Å². The Morgan fingerprint density at radius 1 is 1.47 bits per heavy atom. The summed E-state index contributed by atoms with van der Waals surface area (Å²) in [5.41, 5.74) is 2.24. The van der Waals surface area contributed by atoms with E-state index >= 15 is 0 Å². The Bertz CT molecular complexity index is 423. The Labute approximate surface area is 102 Å². The number of aliphatic hydroxyl groups is 1. The van der Waals surface area contributed by atoms with Crippen LogP contribution in [-0.4, -0.2) is 11.7 Å². The van der Waals surface area contributed by atoms with E-state index in [1.165, 1.54) is 5.56 Å². The zero-order valence-electron chi connectivity index (χ0n) is 9.85. The monoisotopic (exact) mass is 231 g/mol. The highest BCUT2D eigenvalue weighted by Gasteiger charge is 2.18. The van der Waals surface area contributed by atoms with Gasteiger partial charge in [-0.05, 0) is 48.9 Å². The van der Waals surface area contributed by atoms with Gasteiger partial charge in [-0.3, -0.25) is 0 Å². The fourth-order valence-corrected chi connectivity index (χ4v) is 2.18. The molecule has 3 heteroatoms. The third kappa shape index (κ3) is 2.98. The fraction of sp³-hybridized carbons (Fsp3) is 0.500. The number of benzene rings is 1. The number of unbranched alkanes of at least 4 members (excludes halogenated alkanes) is 1. The van der Waals surface area contributed by atoms with Gasteiger partial charge in [-0.15, -0.1) is 0 Å². The molecule has 1 aliphatic rings. The number of ether oxygens (including phenoxy) is 1. The van der Waals surface area contributed by atoms with E-state index in [4.69, 9.17) is 10.00 Å². The standard InChI is InChI=1S/C14H17NO2/c15-8-1-2-9-17-12-7-6-11-4-3-5-14(16)13(11)10-12/h6-7,10,14,16H,1-5,9H2/t14-/m1/s1. The van der Waals surface area contributed by atoms with E-state index in [1.807, 2.05) is 18.2 Å². The summed E-state index contributed by atoms with van der Waals surface area (Å²) >= 11 is 0. The van der Waals surface area contributed by atoms with Gasteiger partial charge in [0.15, 0.2) is 0 Å². The van der Waals surface area contributed by atoms with E-state index in [0.29, 0.717) is 13.0 Å². The van der Waals surface area contributed by atoms with Gasteiger partial charge in [0.2, 0.25) is 0 Å². The van der Waals surface area contributed by atoms with E-state index in [2.05, 4.69) is 6.07 Å². The van der Waals surface area contributed by atoms with Crippen LogP contribution in [0, 0.1) is 11.3 Å². The van der Waals surface area contributed by atoms with Gasteiger partial charge >= 0.3 is 0 Å². The van der Waals surface area contributed by atoms with Crippen LogP contribution in [0.4, 0.5) is 0 Å². The predicted molar refractivity (Wildman–Crippen MR) is 64.7 cm³/mol. The van der Waals surface area contributed by atoms with Gasteiger partial charge in [-0.2, -0.15) is 5.26 Å². The number of hydrogen-bond acceptors (Lipinski definition) is 3. The fourth-order valence-electron chi connectivity index (χ4n) is 2.18. The highest BCUT2D eigenvalue weighted by Crippen LogP contribution is 2.32. The summed E-state index contributed by atoms with van der Waals surface area (Å²) < 4.78 is 5.56. The molecule has 0 unspecified atom stereocenters. The Kier molecular flexibility index (Phi) is 4.00. The lowest BCUT2D eigenvalue weighted by Crippen LogP contribution is -2.09. The summed E-state index contributed by atoms with van der Waals surface area (Å²) in [6.45, 7) is 0.558. The van der Waals surface area contributed by atoms with Gasteiger partial charge in [-0.1, -0.05) is 6.07 Å². The molecule has 0 saturated carbocycles. The predicted octanol–water partition coefficient (Wildman–Crippen LogP) is 2.74. The molecule has 0 radical (unpaired) electrons. The molecule has 0 spiro atoms. The molecule has 1 aromatic carbocycles.